The summed E-state index contributed by atoms with van der Waals surface area (Å²) in [6.07, 6.45) is 2.17. The molecule has 2 heterocycles. The number of carbonyl (C=O) groups excluding carboxylic acids is 1. The van der Waals surface area contributed by atoms with Gasteiger partial charge in [0.15, 0.2) is 0 Å². The Balaban J connectivity index is 1.69. The predicted octanol–water partition coefficient (Wildman–Crippen LogP) is 1.42. The van der Waals surface area contributed by atoms with Gasteiger partial charge in [-0.05, 0) is 18.2 Å². The summed E-state index contributed by atoms with van der Waals surface area (Å²) in [4.78, 5) is 19.4. The summed E-state index contributed by atoms with van der Waals surface area (Å²) >= 11 is 5.80. The van der Waals surface area contributed by atoms with Crippen LogP contribution in [0.4, 0.5) is 5.69 Å². The average molecular weight is 293 g/mol. The number of fused-ring (bicyclic) bond motifs is 1. The molecule has 0 radical (unpaired) electrons. The molecule has 104 valence electrons. The van der Waals surface area contributed by atoms with E-state index in [2.05, 4.69) is 20.6 Å². The number of imidazole rings is 1. The highest BCUT2D eigenvalue weighted by Crippen LogP contribution is 2.26. The van der Waals surface area contributed by atoms with Gasteiger partial charge >= 0.3 is 0 Å². The van der Waals surface area contributed by atoms with Gasteiger partial charge in [-0.25, -0.2) is 4.98 Å². The van der Waals surface area contributed by atoms with Crippen molar-refractivity contribution in [2.45, 2.75) is 19.0 Å². The maximum atomic E-state index is 12.2. The van der Waals surface area contributed by atoms with E-state index in [1.54, 1.807) is 12.4 Å². The highest BCUT2D eigenvalue weighted by Gasteiger charge is 2.25. The number of rotatable bonds is 2. The zero-order valence-electron chi connectivity index (χ0n) is 10.5. The summed E-state index contributed by atoms with van der Waals surface area (Å²) in [6, 6.07) is 4.22. The van der Waals surface area contributed by atoms with Crippen LogP contribution in [0.1, 0.15) is 11.4 Å². The Morgan fingerprint density at radius 3 is 3.15 bits per heavy atom. The minimum atomic E-state index is -0.335. The van der Waals surface area contributed by atoms with E-state index in [4.69, 9.17) is 11.6 Å². The zero-order chi connectivity index (χ0) is 14.1. The van der Waals surface area contributed by atoms with Gasteiger partial charge in [0.25, 0.3) is 0 Å². The number of aromatic nitrogens is 2. The molecule has 7 heteroatoms. The van der Waals surface area contributed by atoms with E-state index in [9.17, 15) is 9.90 Å². The van der Waals surface area contributed by atoms with E-state index < -0.39 is 0 Å². The number of amides is 1. The van der Waals surface area contributed by atoms with Gasteiger partial charge in [0.05, 0.1) is 28.8 Å². The summed E-state index contributed by atoms with van der Waals surface area (Å²) in [5.41, 5.74) is 2.47. The fraction of sp³-hybridized carbons (Fsp3) is 0.231. The molecule has 20 heavy (non-hydrogen) atoms. The highest BCUT2D eigenvalue weighted by atomic mass is 35.5. The van der Waals surface area contributed by atoms with Crippen molar-refractivity contribution in [3.05, 3.63) is 40.9 Å². The lowest BCUT2D eigenvalue weighted by atomic mass is 10.0. The molecule has 0 bridgehead atoms. The molecule has 0 saturated heterocycles. The Morgan fingerprint density at radius 1 is 1.50 bits per heavy atom. The van der Waals surface area contributed by atoms with Gasteiger partial charge in [-0.15, -0.1) is 0 Å². The lowest BCUT2D eigenvalue weighted by molar-refractivity contribution is -0.118. The van der Waals surface area contributed by atoms with Crippen LogP contribution >= 0.6 is 11.6 Å². The predicted molar refractivity (Wildman–Crippen MR) is 74.7 cm³/mol. The van der Waals surface area contributed by atoms with Crippen molar-refractivity contribution in [1.82, 2.24) is 15.3 Å². The number of phenolic OH excluding ortho intramolecular Hbond substituents is 1. The van der Waals surface area contributed by atoms with E-state index in [1.165, 1.54) is 12.1 Å². The second-order valence-electron chi connectivity index (χ2n) is 4.62. The first-order valence-electron chi connectivity index (χ1n) is 6.17. The normalized spacial score (nSPS) is 17.6. The number of nitrogens with one attached hydrogen (secondary N) is 3. The van der Waals surface area contributed by atoms with Crippen LogP contribution in [0.3, 0.4) is 0 Å². The molecule has 6 nitrogen and oxygen atoms in total. The highest BCUT2D eigenvalue weighted by molar-refractivity contribution is 6.32. The Bertz CT molecular complexity index is 656. The van der Waals surface area contributed by atoms with E-state index in [1.807, 2.05) is 0 Å². The van der Waals surface area contributed by atoms with Gasteiger partial charge in [-0.1, -0.05) is 11.6 Å². The molecule has 0 aliphatic carbocycles. The number of anilines is 1. The number of hydrogen-bond donors (Lipinski definition) is 4. The van der Waals surface area contributed by atoms with Gasteiger partial charge in [0.2, 0.25) is 5.91 Å². The summed E-state index contributed by atoms with van der Waals surface area (Å²) in [6.45, 7) is 0.587. The Labute approximate surface area is 120 Å². The first-order valence-corrected chi connectivity index (χ1v) is 6.55. The summed E-state index contributed by atoms with van der Waals surface area (Å²) in [5.74, 6) is -0.165. The molecule has 1 aliphatic rings. The largest absolute Gasteiger partial charge is 0.506 e. The standard InChI is InChI=1S/C13H13ClN4O2/c14-8-3-7(1-2-12(8)19)18-13(20)10-4-9-11(5-15-10)17-6-16-9/h1-3,6,10,15,19H,4-5H2,(H,16,17)(H,18,20). The van der Waals surface area contributed by atoms with Crippen molar-refractivity contribution >= 4 is 23.2 Å². The molecule has 1 aliphatic heterocycles. The number of H-pyrrole nitrogens is 1. The number of phenols is 1. The third kappa shape index (κ3) is 2.48. The van der Waals surface area contributed by atoms with Crippen LogP contribution in [0.25, 0.3) is 0 Å². The van der Waals surface area contributed by atoms with Crippen LogP contribution in [-0.2, 0) is 17.8 Å². The molecule has 2 aromatic rings. The van der Waals surface area contributed by atoms with Gasteiger partial charge < -0.3 is 15.4 Å². The molecule has 4 N–H and O–H groups in total. The van der Waals surface area contributed by atoms with Crippen LogP contribution in [0, 0.1) is 0 Å². The first kappa shape index (κ1) is 13.0. The van der Waals surface area contributed by atoms with E-state index in [0.29, 0.717) is 18.7 Å². The van der Waals surface area contributed by atoms with E-state index in [-0.39, 0.29) is 22.7 Å². The lowest BCUT2D eigenvalue weighted by Gasteiger charge is -2.22. The average Bonchev–Trinajstić information content (AvgIpc) is 2.90. The second kappa shape index (κ2) is 5.15. The van der Waals surface area contributed by atoms with Crippen LogP contribution < -0.4 is 10.6 Å². The number of carbonyl (C=O) groups is 1. The smallest absolute Gasteiger partial charge is 0.241 e. The van der Waals surface area contributed by atoms with Gasteiger partial charge in [-0.3, -0.25) is 10.1 Å². The monoisotopic (exact) mass is 292 g/mol. The summed E-state index contributed by atoms with van der Waals surface area (Å²) in [5, 5.41) is 15.5. The van der Waals surface area contributed by atoms with Crippen LogP contribution in [0.15, 0.2) is 24.5 Å². The number of halogens is 1. The minimum Gasteiger partial charge on any atom is -0.506 e. The molecule has 0 saturated carbocycles. The lowest BCUT2D eigenvalue weighted by Crippen LogP contribution is -2.44. The van der Waals surface area contributed by atoms with Crippen molar-refractivity contribution in [3.8, 4) is 5.75 Å². The number of hydrogen-bond acceptors (Lipinski definition) is 4. The molecule has 3 rings (SSSR count). The van der Waals surface area contributed by atoms with Gasteiger partial charge in [0, 0.05) is 18.7 Å². The quantitative estimate of drug-likeness (QED) is 0.630. The van der Waals surface area contributed by atoms with E-state index in [0.717, 1.165) is 11.4 Å². The fourth-order valence-electron chi connectivity index (χ4n) is 2.17. The molecule has 1 unspecified atom stereocenters. The van der Waals surface area contributed by atoms with Crippen molar-refractivity contribution in [3.63, 3.8) is 0 Å². The van der Waals surface area contributed by atoms with Crippen molar-refractivity contribution in [2.75, 3.05) is 5.32 Å². The summed E-state index contributed by atoms with van der Waals surface area (Å²) < 4.78 is 0. The summed E-state index contributed by atoms with van der Waals surface area (Å²) in [7, 11) is 0. The minimum absolute atomic E-state index is 0.0124. The molecule has 0 spiro atoms. The van der Waals surface area contributed by atoms with Crippen LogP contribution in [0.5, 0.6) is 5.75 Å². The maximum absolute atomic E-state index is 12.2. The molecular formula is C13H13ClN4O2. The van der Waals surface area contributed by atoms with Crippen LogP contribution in [-0.4, -0.2) is 27.0 Å². The second-order valence-corrected chi connectivity index (χ2v) is 5.03. The van der Waals surface area contributed by atoms with E-state index >= 15 is 0 Å². The molecule has 0 fully saturated rings. The Hall–Kier alpha value is -2.05. The van der Waals surface area contributed by atoms with Gasteiger partial charge in [-0.2, -0.15) is 0 Å². The molecule has 1 atom stereocenters. The van der Waals surface area contributed by atoms with Crippen molar-refractivity contribution in [2.24, 2.45) is 0 Å². The molecule has 1 aromatic heterocycles. The van der Waals surface area contributed by atoms with Crippen LogP contribution in [0.2, 0.25) is 5.02 Å². The first-order chi connectivity index (χ1) is 9.63. The maximum Gasteiger partial charge on any atom is 0.241 e. The number of aromatic hydroxyl groups is 1. The van der Waals surface area contributed by atoms with Gasteiger partial charge in [0.1, 0.15) is 5.75 Å². The number of benzene rings is 1. The number of aromatic amines is 1. The SMILES string of the molecule is O=C(Nc1ccc(O)c(Cl)c1)C1Cc2nc[nH]c2CN1. The zero-order valence-corrected chi connectivity index (χ0v) is 11.2. The molecule has 1 amide bonds. The van der Waals surface area contributed by atoms with Crippen molar-refractivity contribution < 1.29 is 9.90 Å². The topological polar surface area (TPSA) is 90.0 Å². The Morgan fingerprint density at radius 2 is 2.35 bits per heavy atom. The third-order valence-electron chi connectivity index (χ3n) is 3.26. The van der Waals surface area contributed by atoms with Crippen molar-refractivity contribution in [1.29, 1.82) is 0 Å². The molecular weight excluding hydrogens is 280 g/mol. The Kier molecular flexibility index (Phi) is 3.33. The third-order valence-corrected chi connectivity index (χ3v) is 3.56. The molecule has 1 aromatic carbocycles. The number of nitrogens with zero attached hydrogens (tertiary/aromatic N) is 1. The fourth-order valence-corrected chi connectivity index (χ4v) is 2.35.